The summed E-state index contributed by atoms with van der Waals surface area (Å²) in [5, 5.41) is 8.79. The molecule has 3 rings (SSSR count). The highest BCUT2D eigenvalue weighted by atomic mass is 32.2. The fraction of sp³-hybridized carbons (Fsp3) is 0.263. The fourth-order valence-corrected chi connectivity index (χ4v) is 4.24. The molecule has 172 valence electrons. The number of nitrogens with two attached hydrogens (primary N) is 1. The van der Waals surface area contributed by atoms with E-state index in [9.17, 15) is 21.6 Å². The second-order valence-corrected chi connectivity index (χ2v) is 9.10. The summed E-state index contributed by atoms with van der Waals surface area (Å²) in [6.07, 6.45) is -3.07. The van der Waals surface area contributed by atoms with Crippen LogP contribution in [0.15, 0.2) is 46.5 Å². The van der Waals surface area contributed by atoms with Crippen molar-refractivity contribution in [3.63, 3.8) is 0 Å². The average molecular weight is 489 g/mol. The number of fused-ring (bicyclic) bond motifs is 1. The van der Waals surface area contributed by atoms with Crippen molar-refractivity contribution in [1.29, 1.82) is 0 Å². The molecule has 32 heavy (non-hydrogen) atoms. The molecule has 0 aliphatic heterocycles. The Hall–Kier alpha value is -2.77. The van der Waals surface area contributed by atoms with Gasteiger partial charge in [0, 0.05) is 22.9 Å². The number of thioether (sulfide) groups is 1. The number of sulfonamides is 1. The Morgan fingerprint density at radius 2 is 1.78 bits per heavy atom. The number of primary sulfonamides is 1. The van der Waals surface area contributed by atoms with Crippen molar-refractivity contribution in [3.8, 4) is 11.5 Å². The Morgan fingerprint density at radius 1 is 1.09 bits per heavy atom. The van der Waals surface area contributed by atoms with E-state index in [4.69, 9.17) is 14.6 Å². The highest BCUT2D eigenvalue weighted by Crippen LogP contribution is 2.35. The molecule has 2 aromatic carbocycles. The number of hydrogen-bond acceptors (Lipinski definition) is 8. The van der Waals surface area contributed by atoms with Crippen LogP contribution in [0.3, 0.4) is 0 Å². The van der Waals surface area contributed by atoms with Crippen molar-refractivity contribution in [1.82, 2.24) is 9.97 Å². The number of nitrogens with one attached hydrogen (secondary N) is 1. The minimum absolute atomic E-state index is 0.00991. The largest absolute Gasteiger partial charge is 0.493 e. The van der Waals surface area contributed by atoms with Crippen molar-refractivity contribution in [2.45, 2.75) is 22.5 Å². The monoisotopic (exact) mass is 488 g/mol. The smallest absolute Gasteiger partial charge is 0.398 e. The van der Waals surface area contributed by atoms with Crippen LogP contribution in [-0.2, 0) is 16.6 Å². The lowest BCUT2D eigenvalue weighted by molar-refractivity contribution is -0.105. The number of nitrogens with zero attached hydrogens (tertiary/aromatic N) is 2. The van der Waals surface area contributed by atoms with Crippen molar-refractivity contribution >= 4 is 38.5 Å². The maximum Gasteiger partial charge on any atom is 0.398 e. The van der Waals surface area contributed by atoms with Crippen LogP contribution in [0.25, 0.3) is 10.9 Å². The highest BCUT2D eigenvalue weighted by molar-refractivity contribution is 7.99. The van der Waals surface area contributed by atoms with E-state index in [0.29, 0.717) is 45.5 Å². The third kappa shape index (κ3) is 5.72. The van der Waals surface area contributed by atoms with E-state index in [1.165, 1.54) is 38.7 Å². The van der Waals surface area contributed by atoms with Crippen molar-refractivity contribution in [2.24, 2.45) is 5.14 Å². The summed E-state index contributed by atoms with van der Waals surface area (Å²) in [5.41, 5.74) is 0.864. The predicted octanol–water partition coefficient (Wildman–Crippen LogP) is 3.56. The summed E-state index contributed by atoms with van der Waals surface area (Å²) in [4.78, 5) is 8.44. The third-order valence-electron chi connectivity index (χ3n) is 4.34. The van der Waals surface area contributed by atoms with Gasteiger partial charge in [0.05, 0.1) is 30.4 Å². The first-order valence-electron chi connectivity index (χ1n) is 8.97. The van der Waals surface area contributed by atoms with Crippen LogP contribution in [0.4, 0.5) is 19.0 Å². The van der Waals surface area contributed by atoms with Gasteiger partial charge < -0.3 is 14.8 Å². The lowest BCUT2D eigenvalue weighted by Crippen LogP contribution is -2.14. The zero-order valence-electron chi connectivity index (χ0n) is 16.9. The Kier molecular flexibility index (Phi) is 7.00. The van der Waals surface area contributed by atoms with Gasteiger partial charge >= 0.3 is 6.18 Å². The second-order valence-electron chi connectivity index (χ2n) is 6.52. The van der Waals surface area contributed by atoms with Gasteiger partial charge in [-0.15, -0.1) is 11.8 Å². The van der Waals surface area contributed by atoms with Crippen LogP contribution in [-0.4, -0.2) is 44.5 Å². The number of alkyl halides is 3. The first-order valence-corrected chi connectivity index (χ1v) is 11.5. The maximum absolute atomic E-state index is 12.7. The Balaban J connectivity index is 1.96. The van der Waals surface area contributed by atoms with Gasteiger partial charge in [-0.3, -0.25) is 0 Å². The molecule has 0 unspecified atom stereocenters. The summed E-state index contributed by atoms with van der Waals surface area (Å²) in [6.45, 7) is -0.00991. The van der Waals surface area contributed by atoms with Gasteiger partial charge in [-0.1, -0.05) is 0 Å². The van der Waals surface area contributed by atoms with Crippen LogP contribution < -0.4 is 19.9 Å². The third-order valence-corrected chi connectivity index (χ3v) is 6.43. The zero-order chi connectivity index (χ0) is 23.5. The number of ether oxygens (including phenoxy) is 2. The molecule has 3 aromatic rings. The summed E-state index contributed by atoms with van der Waals surface area (Å²) in [7, 11) is -1.07. The van der Waals surface area contributed by atoms with Gasteiger partial charge in [-0.25, -0.2) is 23.5 Å². The second kappa shape index (κ2) is 9.38. The lowest BCUT2D eigenvalue weighted by atomic mass is 10.2. The molecule has 0 saturated carbocycles. The van der Waals surface area contributed by atoms with Crippen LogP contribution in [0.2, 0.25) is 0 Å². The first kappa shape index (κ1) is 23.9. The number of methoxy groups -OCH3 is 2. The molecule has 0 spiro atoms. The summed E-state index contributed by atoms with van der Waals surface area (Å²) < 4.78 is 72.1. The lowest BCUT2D eigenvalue weighted by Gasteiger charge is -2.15. The normalized spacial score (nSPS) is 12.1. The SMILES string of the molecule is COc1cc2ncnc(NCc3cc(S(N)(=O)=O)ccc3SCC(F)(F)F)c2cc1OC. The summed E-state index contributed by atoms with van der Waals surface area (Å²) in [6, 6.07) is 7.05. The minimum atomic E-state index is -4.38. The van der Waals surface area contributed by atoms with Crippen molar-refractivity contribution in [2.75, 3.05) is 25.3 Å². The predicted molar refractivity (Wildman–Crippen MR) is 115 cm³/mol. The molecule has 0 aliphatic rings. The average Bonchev–Trinajstić information content (AvgIpc) is 2.74. The van der Waals surface area contributed by atoms with Gasteiger partial charge in [-0.2, -0.15) is 13.2 Å². The molecule has 1 aromatic heterocycles. The van der Waals surface area contributed by atoms with Gasteiger partial charge in [0.1, 0.15) is 12.1 Å². The van der Waals surface area contributed by atoms with E-state index in [1.54, 1.807) is 12.1 Å². The molecule has 0 saturated heterocycles. The molecular weight excluding hydrogens is 469 g/mol. The highest BCUT2D eigenvalue weighted by Gasteiger charge is 2.28. The Morgan fingerprint density at radius 3 is 2.41 bits per heavy atom. The van der Waals surface area contributed by atoms with Crippen LogP contribution in [0.1, 0.15) is 5.56 Å². The van der Waals surface area contributed by atoms with E-state index in [2.05, 4.69) is 15.3 Å². The topological polar surface area (TPSA) is 116 Å². The number of hydrogen-bond donors (Lipinski definition) is 2. The molecule has 0 bridgehead atoms. The molecule has 0 fully saturated rings. The van der Waals surface area contributed by atoms with Gasteiger partial charge in [0.25, 0.3) is 0 Å². The Bertz CT molecular complexity index is 1240. The number of benzene rings is 2. The molecule has 13 heteroatoms. The number of halogens is 3. The molecule has 1 heterocycles. The molecule has 0 amide bonds. The first-order chi connectivity index (χ1) is 15.0. The molecule has 3 N–H and O–H groups in total. The van der Waals surface area contributed by atoms with Crippen molar-refractivity contribution in [3.05, 3.63) is 42.2 Å². The van der Waals surface area contributed by atoms with Crippen LogP contribution >= 0.6 is 11.8 Å². The van der Waals surface area contributed by atoms with Gasteiger partial charge in [0.15, 0.2) is 11.5 Å². The minimum Gasteiger partial charge on any atom is -0.493 e. The number of rotatable bonds is 8. The standard InChI is InChI=1S/C19H19F3N4O4S2/c1-29-15-6-13-14(7-16(15)30-2)25-10-26-18(13)24-8-11-5-12(32(23,27)28)3-4-17(11)31-9-19(20,21)22/h3-7,10H,8-9H2,1-2H3,(H2,23,27,28)(H,24,25,26). The molecule has 0 atom stereocenters. The zero-order valence-corrected chi connectivity index (χ0v) is 18.6. The van der Waals surface area contributed by atoms with Gasteiger partial charge in [-0.05, 0) is 29.8 Å². The molecule has 0 radical (unpaired) electrons. The quantitative estimate of drug-likeness (QED) is 0.463. The summed E-state index contributed by atoms with van der Waals surface area (Å²) in [5.74, 6) is 0.165. The Labute approximate surface area is 186 Å². The number of anilines is 1. The van der Waals surface area contributed by atoms with E-state index in [1.807, 2.05) is 0 Å². The van der Waals surface area contributed by atoms with E-state index < -0.39 is 22.0 Å². The van der Waals surface area contributed by atoms with E-state index >= 15 is 0 Å². The number of aromatic nitrogens is 2. The van der Waals surface area contributed by atoms with Gasteiger partial charge in [0.2, 0.25) is 10.0 Å². The van der Waals surface area contributed by atoms with Crippen LogP contribution in [0.5, 0.6) is 11.5 Å². The molecule has 8 nitrogen and oxygen atoms in total. The van der Waals surface area contributed by atoms with E-state index in [-0.39, 0.29) is 16.3 Å². The molecule has 0 aliphatic carbocycles. The molecular formula is C19H19F3N4O4S2. The maximum atomic E-state index is 12.7. The van der Waals surface area contributed by atoms with Crippen molar-refractivity contribution < 1.29 is 31.1 Å². The summed E-state index contributed by atoms with van der Waals surface area (Å²) >= 11 is 0.553. The fourth-order valence-electron chi connectivity index (χ4n) is 2.87. The van der Waals surface area contributed by atoms with E-state index in [0.717, 1.165) is 0 Å². The van der Waals surface area contributed by atoms with Crippen LogP contribution in [0, 0.1) is 0 Å².